The number of nitrogens with zero attached hydrogens (tertiary/aromatic N) is 1. The number of terminal acetylenes is 1. The highest BCUT2D eigenvalue weighted by molar-refractivity contribution is 5.99. The summed E-state index contributed by atoms with van der Waals surface area (Å²) in [7, 11) is 1.57. The molecule has 0 saturated carbocycles. The van der Waals surface area contributed by atoms with Gasteiger partial charge in [-0.1, -0.05) is 55.3 Å². The second kappa shape index (κ2) is 14.6. The van der Waals surface area contributed by atoms with Gasteiger partial charge in [-0.05, 0) is 88.6 Å². The average Bonchev–Trinajstić information content (AvgIpc) is 2.99. The summed E-state index contributed by atoms with van der Waals surface area (Å²) in [6.07, 6.45) is 5.60. The van der Waals surface area contributed by atoms with E-state index >= 15 is 0 Å². The maximum Gasteiger partial charge on any atom is 0.408 e. The van der Waals surface area contributed by atoms with Gasteiger partial charge in [0.1, 0.15) is 23.4 Å². The van der Waals surface area contributed by atoms with Crippen LogP contribution in [0.15, 0.2) is 78.9 Å². The predicted molar refractivity (Wildman–Crippen MR) is 173 cm³/mol. The van der Waals surface area contributed by atoms with Gasteiger partial charge in [-0.15, -0.1) is 6.42 Å². The van der Waals surface area contributed by atoms with Crippen molar-refractivity contribution in [2.45, 2.75) is 77.6 Å². The number of ether oxygens (including phenoxy) is 2. The molecule has 2 N–H and O–H groups in total. The molecule has 2 atom stereocenters. The smallest absolute Gasteiger partial charge is 0.408 e. The van der Waals surface area contributed by atoms with Crippen molar-refractivity contribution in [1.29, 1.82) is 0 Å². The lowest BCUT2D eigenvalue weighted by atomic mass is 9.91. The first-order valence-electron chi connectivity index (χ1n) is 14.7. The topological polar surface area (TPSA) is 97.0 Å². The molecule has 0 fully saturated rings. The molecule has 0 heterocycles. The monoisotopic (exact) mass is 597 g/mol. The lowest BCUT2D eigenvalue weighted by Gasteiger charge is -2.44. The third-order valence-corrected chi connectivity index (χ3v) is 7.28. The summed E-state index contributed by atoms with van der Waals surface area (Å²) >= 11 is 0. The highest BCUT2D eigenvalue weighted by Crippen LogP contribution is 2.33. The molecule has 3 aromatic carbocycles. The zero-order valence-corrected chi connectivity index (χ0v) is 26.6. The Morgan fingerprint density at radius 2 is 1.52 bits per heavy atom. The fourth-order valence-corrected chi connectivity index (χ4v) is 4.68. The van der Waals surface area contributed by atoms with Crippen LogP contribution in [0.3, 0.4) is 0 Å². The Labute approximate surface area is 261 Å². The minimum Gasteiger partial charge on any atom is -0.497 e. The fraction of sp³-hybridized carbons (Fsp3) is 0.361. The number of alkyl carbamates (subject to hydrolysis) is 1. The van der Waals surface area contributed by atoms with Crippen LogP contribution >= 0.6 is 0 Å². The van der Waals surface area contributed by atoms with E-state index in [1.54, 1.807) is 81.3 Å². The quantitative estimate of drug-likeness (QED) is 0.246. The normalized spacial score (nSPS) is 12.7. The number of methoxy groups -OCH3 is 1. The van der Waals surface area contributed by atoms with Gasteiger partial charge in [0, 0.05) is 23.2 Å². The highest BCUT2D eigenvalue weighted by atomic mass is 16.6. The van der Waals surface area contributed by atoms with Gasteiger partial charge in [-0.2, -0.15) is 0 Å². The largest absolute Gasteiger partial charge is 0.497 e. The van der Waals surface area contributed by atoms with E-state index in [1.807, 2.05) is 51.1 Å². The molecule has 0 aromatic heterocycles. The minimum absolute atomic E-state index is 0.193. The lowest BCUT2D eigenvalue weighted by molar-refractivity contribution is -0.147. The molecule has 0 radical (unpaired) electrons. The number of amides is 3. The molecule has 0 aliphatic heterocycles. The molecule has 3 amide bonds. The summed E-state index contributed by atoms with van der Waals surface area (Å²) < 4.78 is 10.8. The maximum atomic E-state index is 14.8. The first kappa shape index (κ1) is 33.7. The van der Waals surface area contributed by atoms with Crippen molar-refractivity contribution < 1.29 is 23.9 Å². The zero-order chi connectivity index (χ0) is 32.5. The molecule has 0 bridgehead atoms. The Kier molecular flexibility index (Phi) is 11.2. The van der Waals surface area contributed by atoms with E-state index in [0.717, 1.165) is 5.56 Å². The average molecular weight is 598 g/mol. The number of hydrogen-bond donors (Lipinski definition) is 2. The minimum atomic E-state index is -1.06. The number of anilines is 1. The van der Waals surface area contributed by atoms with Crippen molar-refractivity contribution >= 4 is 23.6 Å². The Morgan fingerprint density at radius 3 is 2.05 bits per heavy atom. The number of carbonyl (C=O) groups is 3. The molecule has 0 aliphatic carbocycles. The summed E-state index contributed by atoms with van der Waals surface area (Å²) in [5, 5.41) is 5.77. The number of rotatable bonds is 11. The van der Waals surface area contributed by atoms with E-state index in [9.17, 15) is 14.4 Å². The SMILES string of the molecule is C#Cc1ccc(C(C(=O)Nc2ccc(OC)cc2)N(C(=O)C(Cc2ccccc2)NC(=O)OC(C)(C)C)C(C)(C)CC)cc1. The molecular weight excluding hydrogens is 554 g/mol. The van der Waals surface area contributed by atoms with Gasteiger partial charge in [-0.3, -0.25) is 9.59 Å². The van der Waals surface area contributed by atoms with Crippen LogP contribution in [-0.4, -0.2) is 47.1 Å². The van der Waals surface area contributed by atoms with E-state index in [4.69, 9.17) is 15.9 Å². The third-order valence-electron chi connectivity index (χ3n) is 7.28. The Bertz CT molecular complexity index is 1450. The molecule has 0 aliphatic rings. The molecule has 2 unspecified atom stereocenters. The van der Waals surface area contributed by atoms with Crippen molar-refractivity contribution in [3.05, 3.63) is 95.6 Å². The zero-order valence-electron chi connectivity index (χ0n) is 26.6. The fourth-order valence-electron chi connectivity index (χ4n) is 4.68. The van der Waals surface area contributed by atoms with Crippen molar-refractivity contribution in [3.63, 3.8) is 0 Å². The van der Waals surface area contributed by atoms with Crippen molar-refractivity contribution in [2.24, 2.45) is 0 Å². The van der Waals surface area contributed by atoms with Gasteiger partial charge < -0.3 is 25.0 Å². The maximum absolute atomic E-state index is 14.8. The molecule has 232 valence electrons. The summed E-state index contributed by atoms with van der Waals surface area (Å²) in [6.45, 7) is 11.0. The summed E-state index contributed by atoms with van der Waals surface area (Å²) in [5.41, 5.74) is 1.01. The third kappa shape index (κ3) is 9.11. The highest BCUT2D eigenvalue weighted by Gasteiger charge is 2.43. The van der Waals surface area contributed by atoms with Crippen LogP contribution in [0.2, 0.25) is 0 Å². The number of carbonyl (C=O) groups excluding carboxylic acids is 3. The van der Waals surface area contributed by atoms with Gasteiger partial charge in [0.05, 0.1) is 7.11 Å². The van der Waals surface area contributed by atoms with Crippen LogP contribution in [0.25, 0.3) is 0 Å². The van der Waals surface area contributed by atoms with Crippen LogP contribution < -0.4 is 15.4 Å². The summed E-state index contributed by atoms with van der Waals surface area (Å²) in [5.74, 6) is 2.39. The Hall–Kier alpha value is -4.77. The van der Waals surface area contributed by atoms with Crippen molar-refractivity contribution in [2.75, 3.05) is 12.4 Å². The molecule has 0 spiro atoms. The van der Waals surface area contributed by atoms with Crippen LogP contribution in [0.1, 0.15) is 70.7 Å². The van der Waals surface area contributed by atoms with Crippen LogP contribution in [0.5, 0.6) is 5.75 Å². The van der Waals surface area contributed by atoms with E-state index < -0.39 is 41.1 Å². The predicted octanol–water partition coefficient (Wildman–Crippen LogP) is 6.51. The van der Waals surface area contributed by atoms with Crippen LogP contribution in [0.4, 0.5) is 10.5 Å². The van der Waals surface area contributed by atoms with Crippen molar-refractivity contribution in [1.82, 2.24) is 10.2 Å². The molecule has 8 nitrogen and oxygen atoms in total. The Morgan fingerprint density at radius 1 is 0.909 bits per heavy atom. The number of hydrogen-bond acceptors (Lipinski definition) is 5. The summed E-state index contributed by atoms with van der Waals surface area (Å²) in [4.78, 5) is 43.6. The molecular formula is C36H43N3O5. The second-order valence-corrected chi connectivity index (χ2v) is 12.1. The van der Waals surface area contributed by atoms with E-state index in [2.05, 4.69) is 16.6 Å². The van der Waals surface area contributed by atoms with Gasteiger partial charge in [-0.25, -0.2) is 4.79 Å². The van der Waals surface area contributed by atoms with Gasteiger partial charge in [0.25, 0.3) is 5.91 Å². The molecule has 3 aromatic rings. The first-order valence-corrected chi connectivity index (χ1v) is 14.7. The van der Waals surface area contributed by atoms with Crippen LogP contribution in [-0.2, 0) is 20.7 Å². The summed E-state index contributed by atoms with van der Waals surface area (Å²) in [6, 6.07) is 21.2. The van der Waals surface area contributed by atoms with Crippen molar-refractivity contribution in [3.8, 4) is 18.1 Å². The Balaban J connectivity index is 2.13. The van der Waals surface area contributed by atoms with E-state index in [1.165, 1.54) is 0 Å². The molecule has 0 saturated heterocycles. The first-order chi connectivity index (χ1) is 20.8. The van der Waals surface area contributed by atoms with E-state index in [-0.39, 0.29) is 6.42 Å². The molecule has 44 heavy (non-hydrogen) atoms. The van der Waals surface area contributed by atoms with Gasteiger partial charge in [0.2, 0.25) is 5.91 Å². The van der Waals surface area contributed by atoms with E-state index in [0.29, 0.717) is 29.0 Å². The second-order valence-electron chi connectivity index (χ2n) is 12.1. The standard InChI is InChI=1S/C36H43N3O5/c1-9-25-16-18-27(19-17-25)31(32(40)37-28-20-22-29(43-8)23-21-28)39(36(6,7)10-2)33(41)30(24-26-14-12-11-13-15-26)38-34(42)44-35(3,4)5/h1,11-23,30-31H,10,24H2,2-8H3,(H,37,40)(H,38,42). The lowest BCUT2D eigenvalue weighted by Crippen LogP contribution is -2.59. The number of nitrogens with one attached hydrogen (secondary N) is 2. The number of benzene rings is 3. The van der Waals surface area contributed by atoms with Gasteiger partial charge in [0.15, 0.2) is 0 Å². The molecule has 8 heteroatoms. The van der Waals surface area contributed by atoms with Crippen LogP contribution in [0, 0.1) is 12.3 Å². The molecule has 3 rings (SSSR count). The van der Waals surface area contributed by atoms with Gasteiger partial charge >= 0.3 is 6.09 Å².